The monoisotopic (exact) mass is 416 g/mol. The Balaban J connectivity index is 1.69. The molecule has 2 amide bonds. The number of carbonyl (C=O) groups excluding carboxylic acids is 1. The van der Waals surface area contributed by atoms with Crippen LogP contribution in [0.4, 0.5) is 14.9 Å². The van der Waals surface area contributed by atoms with E-state index in [4.69, 9.17) is 0 Å². The number of hydrogen-bond acceptors (Lipinski definition) is 3. The third-order valence-corrected chi connectivity index (χ3v) is 6.29. The zero-order valence-corrected chi connectivity index (χ0v) is 17.6. The first-order valence-electron chi connectivity index (χ1n) is 9.57. The van der Waals surface area contributed by atoms with Gasteiger partial charge < -0.3 is 15.3 Å². The van der Waals surface area contributed by atoms with E-state index >= 15 is 0 Å². The summed E-state index contributed by atoms with van der Waals surface area (Å²) in [5.74, 6) is -1.20. The summed E-state index contributed by atoms with van der Waals surface area (Å²) in [5.41, 5.74) is 2.88. The van der Waals surface area contributed by atoms with Gasteiger partial charge in [-0.25, -0.2) is 9.18 Å². The molecule has 2 aromatic rings. The number of carboxylic acids is 1. The van der Waals surface area contributed by atoms with E-state index in [-0.39, 0.29) is 17.9 Å². The number of hydrogen-bond donors (Lipinski definition) is 2. The van der Waals surface area contributed by atoms with Crippen LogP contribution < -0.4 is 5.32 Å². The average molecular weight is 417 g/mol. The van der Waals surface area contributed by atoms with E-state index in [2.05, 4.69) is 5.32 Å². The molecule has 29 heavy (non-hydrogen) atoms. The van der Waals surface area contributed by atoms with Crippen LogP contribution in [-0.4, -0.2) is 39.3 Å². The minimum absolute atomic E-state index is 0.0307. The maximum atomic E-state index is 13.1. The molecule has 5 nitrogen and oxygen atoms in total. The molecule has 2 N–H and O–H groups in total. The number of carboxylic acid groups (broad SMARTS) is 1. The lowest BCUT2D eigenvalue weighted by Crippen LogP contribution is -2.43. The Morgan fingerprint density at radius 3 is 2.45 bits per heavy atom. The molecule has 0 saturated carbocycles. The van der Waals surface area contributed by atoms with E-state index in [1.165, 1.54) is 41.6 Å². The maximum Gasteiger partial charge on any atom is 0.322 e. The molecule has 1 unspecified atom stereocenters. The first-order valence-corrected chi connectivity index (χ1v) is 10.4. The van der Waals surface area contributed by atoms with Gasteiger partial charge in [-0.05, 0) is 81.1 Å². The van der Waals surface area contributed by atoms with Gasteiger partial charge in [-0.1, -0.05) is 6.07 Å². The minimum atomic E-state index is -0.906. The van der Waals surface area contributed by atoms with E-state index in [1.807, 2.05) is 25.1 Å². The third kappa shape index (κ3) is 4.90. The fourth-order valence-electron chi connectivity index (χ4n) is 3.49. The smallest absolute Gasteiger partial charge is 0.322 e. The van der Waals surface area contributed by atoms with Gasteiger partial charge in [0.1, 0.15) is 10.6 Å². The molecule has 0 aliphatic heterocycles. The van der Waals surface area contributed by atoms with Gasteiger partial charge in [0.2, 0.25) is 0 Å². The van der Waals surface area contributed by atoms with E-state index in [0.717, 1.165) is 23.3 Å². The quantitative estimate of drug-likeness (QED) is 0.664. The van der Waals surface area contributed by atoms with Crippen molar-refractivity contribution in [3.05, 3.63) is 59.4 Å². The number of nitrogens with one attached hydrogen (secondary N) is 1. The predicted octanol–water partition coefficient (Wildman–Crippen LogP) is 4.80. The molecule has 7 heteroatoms. The standard InChI is InChI=1S/C22H25FN2O3S/c1-4-25(21(28)24-17-8-6-16(23)7-9-17)18-11-14-5-10-19(13-15(14)12-18)29-22(2,3)20(26)27/h5-10,13,18H,4,11-12H2,1-3H3,(H,24,28)(H,26,27). The van der Waals surface area contributed by atoms with Gasteiger partial charge in [0.05, 0.1) is 0 Å². The van der Waals surface area contributed by atoms with E-state index in [0.29, 0.717) is 12.2 Å². The molecule has 154 valence electrons. The first-order chi connectivity index (χ1) is 13.7. The third-order valence-electron chi connectivity index (χ3n) is 5.11. The number of urea groups is 1. The van der Waals surface area contributed by atoms with Gasteiger partial charge in [0.15, 0.2) is 0 Å². The number of nitrogens with zero attached hydrogens (tertiary/aromatic N) is 1. The number of likely N-dealkylation sites (N-methyl/N-ethyl adjacent to an activating group) is 1. The Morgan fingerprint density at radius 2 is 1.83 bits per heavy atom. The summed E-state index contributed by atoms with van der Waals surface area (Å²) in [6.07, 6.45) is 1.48. The molecule has 0 spiro atoms. The van der Waals surface area contributed by atoms with Crippen LogP contribution in [0.15, 0.2) is 47.4 Å². The highest BCUT2D eigenvalue weighted by Crippen LogP contribution is 2.36. The Hall–Kier alpha value is -2.54. The summed E-state index contributed by atoms with van der Waals surface area (Å²) in [6.45, 7) is 5.87. The Morgan fingerprint density at radius 1 is 1.17 bits per heavy atom. The maximum absolute atomic E-state index is 13.1. The lowest BCUT2D eigenvalue weighted by molar-refractivity contribution is -0.138. The number of anilines is 1. The summed E-state index contributed by atoms with van der Waals surface area (Å²) in [4.78, 5) is 26.8. The van der Waals surface area contributed by atoms with Gasteiger partial charge in [0.25, 0.3) is 0 Å². The summed E-state index contributed by atoms with van der Waals surface area (Å²) < 4.78 is 12.2. The topological polar surface area (TPSA) is 69.6 Å². The van der Waals surface area contributed by atoms with Crippen molar-refractivity contribution in [2.24, 2.45) is 0 Å². The molecule has 0 bridgehead atoms. The second-order valence-electron chi connectivity index (χ2n) is 7.63. The molecule has 3 rings (SSSR count). The number of thioether (sulfide) groups is 1. The molecule has 0 radical (unpaired) electrons. The van der Waals surface area contributed by atoms with Crippen LogP contribution in [0.25, 0.3) is 0 Å². The average Bonchev–Trinajstić information content (AvgIpc) is 3.06. The highest BCUT2D eigenvalue weighted by atomic mass is 32.2. The number of rotatable bonds is 6. The predicted molar refractivity (Wildman–Crippen MR) is 113 cm³/mol. The van der Waals surface area contributed by atoms with Crippen molar-refractivity contribution in [2.75, 3.05) is 11.9 Å². The van der Waals surface area contributed by atoms with Crippen LogP contribution in [0, 0.1) is 5.82 Å². The van der Waals surface area contributed by atoms with Crippen LogP contribution in [0.5, 0.6) is 0 Å². The minimum Gasteiger partial charge on any atom is -0.480 e. The summed E-state index contributed by atoms with van der Waals surface area (Å²) in [7, 11) is 0. The van der Waals surface area contributed by atoms with Gasteiger partial charge >= 0.3 is 12.0 Å². The number of carbonyl (C=O) groups is 2. The van der Waals surface area contributed by atoms with E-state index < -0.39 is 10.7 Å². The van der Waals surface area contributed by atoms with Crippen molar-refractivity contribution >= 4 is 29.4 Å². The highest BCUT2D eigenvalue weighted by Gasteiger charge is 2.31. The molecule has 1 atom stereocenters. The highest BCUT2D eigenvalue weighted by molar-refractivity contribution is 8.01. The summed E-state index contributed by atoms with van der Waals surface area (Å²) >= 11 is 1.32. The fraction of sp³-hybridized carbons (Fsp3) is 0.364. The molecule has 0 aromatic heterocycles. The molecule has 0 fully saturated rings. The first kappa shape index (κ1) is 21.2. The molecule has 0 heterocycles. The van der Waals surface area contributed by atoms with Crippen molar-refractivity contribution in [3.63, 3.8) is 0 Å². The Bertz CT molecular complexity index is 915. The molecule has 1 aliphatic rings. The number of halogens is 1. The van der Waals surface area contributed by atoms with Gasteiger partial charge in [-0.2, -0.15) is 0 Å². The number of benzene rings is 2. The van der Waals surface area contributed by atoms with Gasteiger partial charge in [-0.3, -0.25) is 4.79 Å². The Labute approximate surface area is 174 Å². The number of amides is 2. The molecule has 0 saturated heterocycles. The summed E-state index contributed by atoms with van der Waals surface area (Å²) in [6, 6.07) is 11.5. The normalized spacial score (nSPS) is 15.7. The summed E-state index contributed by atoms with van der Waals surface area (Å²) in [5, 5.41) is 12.2. The van der Waals surface area contributed by atoms with Crippen LogP contribution in [-0.2, 0) is 17.6 Å². The lowest BCUT2D eigenvalue weighted by atomic mass is 10.1. The van der Waals surface area contributed by atoms with Crippen LogP contribution in [0.1, 0.15) is 31.9 Å². The number of fused-ring (bicyclic) bond motifs is 1. The number of aliphatic carboxylic acids is 1. The van der Waals surface area contributed by atoms with Crippen molar-refractivity contribution in [3.8, 4) is 0 Å². The van der Waals surface area contributed by atoms with E-state index in [1.54, 1.807) is 18.7 Å². The molecule has 2 aromatic carbocycles. The molecule has 1 aliphatic carbocycles. The van der Waals surface area contributed by atoms with Gasteiger partial charge in [-0.15, -0.1) is 11.8 Å². The molecular formula is C22H25FN2O3S. The van der Waals surface area contributed by atoms with Crippen molar-refractivity contribution < 1.29 is 19.1 Å². The van der Waals surface area contributed by atoms with Crippen molar-refractivity contribution in [2.45, 2.75) is 49.3 Å². The lowest BCUT2D eigenvalue weighted by Gasteiger charge is -2.28. The molecular weight excluding hydrogens is 391 g/mol. The van der Waals surface area contributed by atoms with Crippen LogP contribution >= 0.6 is 11.8 Å². The van der Waals surface area contributed by atoms with Crippen molar-refractivity contribution in [1.29, 1.82) is 0 Å². The second-order valence-corrected chi connectivity index (χ2v) is 9.33. The zero-order chi connectivity index (χ0) is 21.2. The Kier molecular flexibility index (Phi) is 6.17. The fourth-order valence-corrected chi connectivity index (χ4v) is 4.50. The van der Waals surface area contributed by atoms with E-state index in [9.17, 15) is 19.1 Å². The van der Waals surface area contributed by atoms with Crippen LogP contribution in [0.3, 0.4) is 0 Å². The SMILES string of the molecule is CCN(C(=O)Nc1ccc(F)cc1)C1Cc2ccc(SC(C)(C)C(=O)O)cc2C1. The van der Waals surface area contributed by atoms with Crippen LogP contribution in [0.2, 0.25) is 0 Å². The zero-order valence-electron chi connectivity index (χ0n) is 16.7. The van der Waals surface area contributed by atoms with Crippen molar-refractivity contribution in [1.82, 2.24) is 4.90 Å². The second kappa shape index (κ2) is 8.45. The largest absolute Gasteiger partial charge is 0.480 e. The van der Waals surface area contributed by atoms with Gasteiger partial charge in [0, 0.05) is 23.2 Å².